The third-order valence-electron chi connectivity index (χ3n) is 2.72. The summed E-state index contributed by atoms with van der Waals surface area (Å²) in [7, 11) is 0. The quantitative estimate of drug-likeness (QED) is 0.537. The highest BCUT2D eigenvalue weighted by Gasteiger charge is 2.12. The Kier molecular flexibility index (Phi) is 3.00. The van der Waals surface area contributed by atoms with Crippen LogP contribution in [0.3, 0.4) is 0 Å². The molecule has 2 heterocycles. The molecule has 7 nitrogen and oxygen atoms in total. The van der Waals surface area contributed by atoms with Gasteiger partial charge in [-0.15, -0.1) is 0 Å². The fourth-order valence-electron chi connectivity index (χ4n) is 1.81. The Labute approximate surface area is 113 Å². The fourth-order valence-corrected chi connectivity index (χ4v) is 1.81. The van der Waals surface area contributed by atoms with Gasteiger partial charge < -0.3 is 19.1 Å². The summed E-state index contributed by atoms with van der Waals surface area (Å²) < 4.78 is 6.99. The average Bonchev–Trinajstić information content (AvgIpc) is 3.10. The van der Waals surface area contributed by atoms with Crippen LogP contribution in [0.4, 0.5) is 5.82 Å². The topological polar surface area (TPSA) is 87.0 Å². The SMILES string of the molecule is O=[N+]([O-])c1cn(Cc2coc(-c3ccccc3)n2)cn1. The van der Waals surface area contributed by atoms with E-state index in [1.165, 1.54) is 18.8 Å². The van der Waals surface area contributed by atoms with E-state index in [1.54, 1.807) is 4.57 Å². The fraction of sp³-hybridized carbons (Fsp3) is 0.0769. The predicted molar refractivity (Wildman–Crippen MR) is 69.9 cm³/mol. The van der Waals surface area contributed by atoms with Crippen molar-refractivity contribution in [2.24, 2.45) is 0 Å². The number of hydrogen-bond acceptors (Lipinski definition) is 5. The van der Waals surface area contributed by atoms with Gasteiger partial charge in [0.05, 0.1) is 12.2 Å². The van der Waals surface area contributed by atoms with Crippen LogP contribution in [-0.4, -0.2) is 19.5 Å². The second-order valence-corrected chi connectivity index (χ2v) is 4.17. The number of nitro groups is 1. The number of imidazole rings is 1. The van der Waals surface area contributed by atoms with Crippen LogP contribution in [0.1, 0.15) is 5.69 Å². The molecule has 0 aliphatic carbocycles. The lowest BCUT2D eigenvalue weighted by molar-refractivity contribution is -0.389. The first-order chi connectivity index (χ1) is 9.72. The van der Waals surface area contributed by atoms with Crippen molar-refractivity contribution in [1.82, 2.24) is 14.5 Å². The Morgan fingerprint density at radius 2 is 2.10 bits per heavy atom. The largest absolute Gasteiger partial charge is 0.444 e. The molecule has 0 saturated heterocycles. The molecule has 7 heteroatoms. The van der Waals surface area contributed by atoms with Gasteiger partial charge >= 0.3 is 5.82 Å². The molecule has 0 amide bonds. The first kappa shape index (κ1) is 12.1. The van der Waals surface area contributed by atoms with Gasteiger partial charge in [0.15, 0.2) is 0 Å². The Morgan fingerprint density at radius 3 is 2.80 bits per heavy atom. The summed E-state index contributed by atoms with van der Waals surface area (Å²) in [5.74, 6) is 0.340. The molecule has 100 valence electrons. The zero-order chi connectivity index (χ0) is 13.9. The maximum absolute atomic E-state index is 10.6. The molecule has 0 aliphatic heterocycles. The third-order valence-corrected chi connectivity index (χ3v) is 2.72. The summed E-state index contributed by atoms with van der Waals surface area (Å²) in [6, 6.07) is 9.52. The molecule has 0 bridgehead atoms. The maximum atomic E-state index is 10.6. The molecule has 1 aromatic carbocycles. The van der Waals surface area contributed by atoms with Crippen molar-refractivity contribution >= 4 is 5.82 Å². The van der Waals surface area contributed by atoms with E-state index in [9.17, 15) is 10.1 Å². The van der Waals surface area contributed by atoms with Gasteiger partial charge in [-0.25, -0.2) is 4.98 Å². The minimum absolute atomic E-state index is 0.184. The first-order valence-corrected chi connectivity index (χ1v) is 5.88. The minimum Gasteiger partial charge on any atom is -0.444 e. The van der Waals surface area contributed by atoms with Crippen molar-refractivity contribution in [2.75, 3.05) is 0 Å². The zero-order valence-electron chi connectivity index (χ0n) is 10.3. The number of benzene rings is 1. The number of oxazole rings is 1. The Bertz CT molecular complexity index is 733. The van der Waals surface area contributed by atoms with Gasteiger partial charge in [-0.05, 0) is 22.0 Å². The van der Waals surface area contributed by atoms with E-state index in [1.807, 2.05) is 30.3 Å². The van der Waals surface area contributed by atoms with Crippen LogP contribution >= 0.6 is 0 Å². The Morgan fingerprint density at radius 1 is 1.30 bits per heavy atom. The van der Waals surface area contributed by atoms with Gasteiger partial charge in [-0.1, -0.05) is 18.2 Å². The summed E-state index contributed by atoms with van der Waals surface area (Å²) >= 11 is 0. The van der Waals surface area contributed by atoms with Crippen LogP contribution in [-0.2, 0) is 6.54 Å². The summed E-state index contributed by atoms with van der Waals surface area (Å²) in [6.45, 7) is 0.372. The lowest BCUT2D eigenvalue weighted by Crippen LogP contribution is -1.96. The van der Waals surface area contributed by atoms with Gasteiger partial charge in [-0.3, -0.25) is 0 Å². The highest BCUT2D eigenvalue weighted by atomic mass is 16.6. The van der Waals surface area contributed by atoms with E-state index in [-0.39, 0.29) is 5.82 Å². The van der Waals surface area contributed by atoms with Gasteiger partial charge in [0.2, 0.25) is 12.2 Å². The standard InChI is InChI=1S/C13H10N4O3/c18-17(19)12-7-16(9-14-12)6-11-8-20-13(15-11)10-4-2-1-3-5-10/h1-5,7-9H,6H2. The molecule has 0 spiro atoms. The molecule has 0 fully saturated rings. The smallest absolute Gasteiger partial charge is 0.381 e. The summed E-state index contributed by atoms with van der Waals surface area (Å²) in [5.41, 5.74) is 1.56. The van der Waals surface area contributed by atoms with Crippen molar-refractivity contribution in [1.29, 1.82) is 0 Å². The van der Waals surface area contributed by atoms with Crippen LogP contribution < -0.4 is 0 Å². The van der Waals surface area contributed by atoms with Crippen LogP contribution in [0.15, 0.2) is 53.5 Å². The third kappa shape index (κ3) is 2.41. The highest BCUT2D eigenvalue weighted by molar-refractivity contribution is 5.52. The molecular formula is C13H10N4O3. The number of rotatable bonds is 4. The molecular weight excluding hydrogens is 260 g/mol. The lowest BCUT2D eigenvalue weighted by Gasteiger charge is -1.94. The lowest BCUT2D eigenvalue weighted by atomic mass is 10.2. The molecule has 0 unspecified atom stereocenters. The molecule has 0 N–H and O–H groups in total. The molecule has 20 heavy (non-hydrogen) atoms. The van der Waals surface area contributed by atoms with Crippen LogP contribution in [0.5, 0.6) is 0 Å². The number of nitrogens with zero attached hydrogens (tertiary/aromatic N) is 4. The van der Waals surface area contributed by atoms with E-state index >= 15 is 0 Å². The van der Waals surface area contributed by atoms with E-state index in [4.69, 9.17) is 4.42 Å². The predicted octanol–water partition coefficient (Wildman–Crippen LogP) is 2.49. The van der Waals surface area contributed by atoms with Crippen LogP contribution in [0, 0.1) is 10.1 Å². The summed E-state index contributed by atoms with van der Waals surface area (Å²) in [4.78, 5) is 18.0. The zero-order valence-corrected chi connectivity index (χ0v) is 10.3. The van der Waals surface area contributed by atoms with Crippen molar-refractivity contribution < 1.29 is 9.34 Å². The molecule has 2 aromatic heterocycles. The van der Waals surface area contributed by atoms with Gasteiger partial charge in [0, 0.05) is 5.56 Å². The number of aromatic nitrogens is 3. The Hall–Kier alpha value is -2.96. The molecule has 0 aliphatic rings. The van der Waals surface area contributed by atoms with Crippen molar-refractivity contribution in [2.45, 2.75) is 6.54 Å². The van der Waals surface area contributed by atoms with E-state index < -0.39 is 4.92 Å². The number of hydrogen-bond donors (Lipinski definition) is 0. The molecule has 3 aromatic rings. The van der Waals surface area contributed by atoms with Crippen molar-refractivity contribution in [3.05, 3.63) is 64.9 Å². The van der Waals surface area contributed by atoms with E-state index in [0.717, 1.165) is 5.56 Å². The Balaban J connectivity index is 1.78. The van der Waals surface area contributed by atoms with E-state index in [2.05, 4.69) is 9.97 Å². The summed E-state index contributed by atoms with van der Waals surface area (Å²) in [6.07, 6.45) is 4.29. The maximum Gasteiger partial charge on any atom is 0.381 e. The highest BCUT2D eigenvalue weighted by Crippen LogP contribution is 2.18. The van der Waals surface area contributed by atoms with Gasteiger partial charge in [-0.2, -0.15) is 0 Å². The molecule has 0 radical (unpaired) electrons. The normalized spacial score (nSPS) is 10.6. The van der Waals surface area contributed by atoms with Gasteiger partial charge in [0.25, 0.3) is 0 Å². The van der Waals surface area contributed by atoms with Crippen molar-refractivity contribution in [3.8, 4) is 11.5 Å². The van der Waals surface area contributed by atoms with Crippen molar-refractivity contribution in [3.63, 3.8) is 0 Å². The van der Waals surface area contributed by atoms with Gasteiger partial charge in [0.1, 0.15) is 12.5 Å². The monoisotopic (exact) mass is 270 g/mol. The second-order valence-electron chi connectivity index (χ2n) is 4.17. The molecule has 0 atom stereocenters. The first-order valence-electron chi connectivity index (χ1n) is 5.88. The second kappa shape index (κ2) is 4.96. The molecule has 3 rings (SSSR count). The van der Waals surface area contributed by atoms with Crippen LogP contribution in [0.2, 0.25) is 0 Å². The van der Waals surface area contributed by atoms with E-state index in [0.29, 0.717) is 18.1 Å². The average molecular weight is 270 g/mol. The minimum atomic E-state index is -0.533. The van der Waals surface area contributed by atoms with Crippen LogP contribution in [0.25, 0.3) is 11.5 Å². The summed E-state index contributed by atoms with van der Waals surface area (Å²) in [5, 5.41) is 10.6. The molecule has 0 saturated carbocycles.